The molecule has 1 atom stereocenters. The minimum atomic E-state index is -3.00. The molecule has 0 saturated carbocycles. The Kier molecular flexibility index (Phi) is 6.44. The van der Waals surface area contributed by atoms with Crippen LogP contribution in [0.4, 0.5) is 8.78 Å². The third-order valence-corrected chi connectivity index (χ3v) is 3.02. The molecule has 1 aliphatic rings. The Morgan fingerprint density at radius 2 is 1.91 bits per heavy atom. The summed E-state index contributed by atoms with van der Waals surface area (Å²) in [6.07, 6.45) is 2.01. The van der Waals surface area contributed by atoms with Crippen LogP contribution in [0.25, 0.3) is 0 Å². The third-order valence-electron chi connectivity index (χ3n) is 3.02. The Hall–Kier alpha value is -1.53. The van der Waals surface area contributed by atoms with Crippen LogP contribution in [0.3, 0.4) is 0 Å². The van der Waals surface area contributed by atoms with E-state index in [9.17, 15) is 23.8 Å². The van der Waals surface area contributed by atoms with Gasteiger partial charge in [-0.2, -0.15) is 0 Å². The van der Waals surface area contributed by atoms with Crippen LogP contribution in [-0.4, -0.2) is 27.4 Å². The summed E-state index contributed by atoms with van der Waals surface area (Å²) in [5, 5.41) is 20.7. The number of hydrogen-bond acceptors (Lipinski definition) is 2. The Morgan fingerprint density at radius 1 is 1.36 bits per heavy atom. The van der Waals surface area contributed by atoms with Gasteiger partial charge in [-0.15, -0.1) is 0 Å². The lowest BCUT2D eigenvalue weighted by Crippen LogP contribution is -2.38. The number of allylic oxidation sites excluding steroid dienone is 2. The highest BCUT2D eigenvalue weighted by Crippen LogP contribution is 2.36. The van der Waals surface area contributed by atoms with Crippen molar-refractivity contribution in [3.05, 3.63) is 59.7 Å². The van der Waals surface area contributed by atoms with Gasteiger partial charge in [0.15, 0.2) is 0 Å². The molecular weight excluding hydrogens is 358 g/mol. The van der Waals surface area contributed by atoms with Crippen molar-refractivity contribution in [3.8, 4) is 0 Å². The van der Waals surface area contributed by atoms with Gasteiger partial charge in [-0.25, -0.2) is 13.6 Å². The number of carboxylic acids is 1. The van der Waals surface area contributed by atoms with Gasteiger partial charge >= 0.3 is 5.97 Å². The molecule has 2 N–H and O–H groups in total. The van der Waals surface area contributed by atoms with Crippen molar-refractivity contribution < 1.29 is 23.8 Å². The monoisotopic (exact) mass is 374 g/mol. The smallest absolute Gasteiger partial charge is 0.345 e. The quantitative estimate of drug-likeness (QED) is 0.789. The molecule has 0 heterocycles. The van der Waals surface area contributed by atoms with Gasteiger partial charge in [0, 0.05) is 11.8 Å². The van der Waals surface area contributed by atoms with Crippen LogP contribution in [0.1, 0.15) is 18.9 Å². The highest BCUT2D eigenvalue weighted by molar-refractivity contribution is 9.09. The Balaban J connectivity index is 0.000000745. The maximum absolute atomic E-state index is 13.0. The van der Waals surface area contributed by atoms with E-state index in [-0.39, 0.29) is 11.1 Å². The fourth-order valence-electron chi connectivity index (χ4n) is 1.96. The molecule has 3 nitrogen and oxygen atoms in total. The molecule has 0 aliphatic heterocycles. The van der Waals surface area contributed by atoms with Gasteiger partial charge in [0.05, 0.1) is 0 Å². The highest BCUT2D eigenvalue weighted by atomic mass is 79.9. The molecule has 0 fully saturated rings. The van der Waals surface area contributed by atoms with E-state index in [0.29, 0.717) is 6.08 Å². The van der Waals surface area contributed by atoms with Gasteiger partial charge in [-0.05, 0) is 17.2 Å². The Labute approximate surface area is 136 Å². The first-order valence-electron chi connectivity index (χ1n) is 6.63. The molecule has 1 unspecified atom stereocenters. The summed E-state index contributed by atoms with van der Waals surface area (Å²) in [6.45, 7) is 2.04. The first-order valence-corrected chi connectivity index (χ1v) is 7.75. The first kappa shape index (κ1) is 18.5. The van der Waals surface area contributed by atoms with Crippen molar-refractivity contribution in [1.29, 1.82) is 0 Å². The van der Waals surface area contributed by atoms with Gasteiger partial charge in [-0.1, -0.05) is 65.3 Å². The number of carbonyl (C=O) groups is 1. The first-order chi connectivity index (χ1) is 10.3. The van der Waals surface area contributed by atoms with Gasteiger partial charge in [0.2, 0.25) is 5.60 Å². The van der Waals surface area contributed by atoms with Crippen molar-refractivity contribution in [2.75, 3.05) is 5.33 Å². The van der Waals surface area contributed by atoms with Crippen LogP contribution < -0.4 is 0 Å². The largest absolute Gasteiger partial charge is 0.479 e. The second-order valence-corrected chi connectivity index (χ2v) is 5.73. The summed E-state index contributed by atoms with van der Waals surface area (Å²) >= 11 is 3.15. The zero-order chi connectivity index (χ0) is 16.8. The van der Waals surface area contributed by atoms with Crippen molar-refractivity contribution in [1.82, 2.24) is 0 Å². The molecule has 0 spiro atoms. The second kappa shape index (κ2) is 7.65. The number of alkyl halides is 3. The molecule has 6 heteroatoms. The lowest BCUT2D eigenvalue weighted by molar-refractivity contribution is -0.155. The van der Waals surface area contributed by atoms with Crippen molar-refractivity contribution in [3.63, 3.8) is 0 Å². The van der Waals surface area contributed by atoms with Crippen LogP contribution in [0, 0.1) is 0 Å². The normalized spacial score (nSPS) is 18.5. The third kappa shape index (κ3) is 4.24. The van der Waals surface area contributed by atoms with E-state index < -0.39 is 23.9 Å². The van der Waals surface area contributed by atoms with Gasteiger partial charge in [0.1, 0.15) is 0 Å². The fourth-order valence-corrected chi connectivity index (χ4v) is 1.96. The number of aliphatic hydroxyl groups is 1. The second-order valence-electron chi connectivity index (χ2n) is 4.61. The van der Waals surface area contributed by atoms with E-state index in [0.717, 1.165) is 17.5 Å². The topological polar surface area (TPSA) is 57.5 Å². The highest BCUT2D eigenvalue weighted by Gasteiger charge is 2.43. The zero-order valence-corrected chi connectivity index (χ0v) is 13.6. The van der Waals surface area contributed by atoms with E-state index in [1.165, 1.54) is 12.1 Å². The van der Waals surface area contributed by atoms with E-state index in [1.807, 2.05) is 6.92 Å². The number of rotatable bonds is 3. The molecule has 0 bridgehead atoms. The minimum absolute atomic E-state index is 0.0582. The summed E-state index contributed by atoms with van der Waals surface area (Å²) in [6, 6.07) is 7.70. The number of halogens is 3. The van der Waals surface area contributed by atoms with E-state index >= 15 is 0 Å². The molecule has 0 saturated heterocycles. The molecule has 1 aliphatic carbocycles. The lowest BCUT2D eigenvalue weighted by Gasteiger charge is -2.28. The van der Waals surface area contributed by atoms with Crippen LogP contribution in [0.15, 0.2) is 54.1 Å². The maximum atomic E-state index is 13.0. The molecule has 0 radical (unpaired) electrons. The van der Waals surface area contributed by atoms with Crippen LogP contribution in [-0.2, 0) is 10.4 Å². The lowest BCUT2D eigenvalue weighted by atomic mass is 9.83. The fraction of sp³-hybridized carbons (Fsp3) is 0.312. The zero-order valence-electron chi connectivity index (χ0n) is 12.0. The molecule has 0 aromatic heterocycles. The molecule has 2 rings (SSSR count). The summed E-state index contributed by atoms with van der Waals surface area (Å²) < 4.78 is 26.0. The summed E-state index contributed by atoms with van der Waals surface area (Å²) in [7, 11) is 0. The minimum Gasteiger partial charge on any atom is -0.479 e. The standard InChI is InChI=1S/C14H12F2O3.C2H5Br/c15-13(16)8-6-11(7-9-13)14(19,12(17)18)10-4-2-1-3-5-10;1-2-3/h1-8,19H,9H2,(H,17,18);2H2,1H3. The average molecular weight is 375 g/mol. The van der Waals surface area contributed by atoms with Gasteiger partial charge < -0.3 is 10.2 Å². The maximum Gasteiger partial charge on any atom is 0.345 e. The predicted octanol–water partition coefficient (Wildman–Crippen LogP) is 3.88. The van der Waals surface area contributed by atoms with Crippen molar-refractivity contribution >= 4 is 21.9 Å². The summed E-state index contributed by atoms with van der Waals surface area (Å²) in [4.78, 5) is 11.4. The molecule has 1 aromatic rings. The summed E-state index contributed by atoms with van der Waals surface area (Å²) in [5.74, 6) is -4.50. The van der Waals surface area contributed by atoms with Gasteiger partial charge in [0.25, 0.3) is 5.92 Å². The SMILES string of the molecule is CCBr.O=C(O)C(O)(C1=CCC(F)(F)C=C1)c1ccccc1. The van der Waals surface area contributed by atoms with Crippen LogP contribution in [0.5, 0.6) is 0 Å². The van der Waals surface area contributed by atoms with Crippen molar-refractivity contribution in [2.24, 2.45) is 0 Å². The number of hydrogen-bond donors (Lipinski definition) is 2. The van der Waals surface area contributed by atoms with Crippen molar-refractivity contribution in [2.45, 2.75) is 24.9 Å². The number of aliphatic carboxylic acids is 1. The number of carboxylic acid groups (broad SMARTS) is 1. The molecule has 1 aromatic carbocycles. The molecular formula is C16H17BrF2O3. The molecule has 0 amide bonds. The predicted molar refractivity (Wildman–Crippen MR) is 84.2 cm³/mol. The van der Waals surface area contributed by atoms with E-state index in [2.05, 4.69) is 15.9 Å². The number of benzene rings is 1. The van der Waals surface area contributed by atoms with E-state index in [4.69, 9.17) is 0 Å². The van der Waals surface area contributed by atoms with Gasteiger partial charge in [-0.3, -0.25) is 0 Å². The Morgan fingerprint density at radius 3 is 2.32 bits per heavy atom. The van der Waals surface area contributed by atoms with E-state index in [1.54, 1.807) is 18.2 Å². The summed E-state index contributed by atoms with van der Waals surface area (Å²) in [5.41, 5.74) is -2.24. The molecule has 120 valence electrons. The Bertz CT molecular complexity index is 570. The molecule has 22 heavy (non-hydrogen) atoms. The van der Waals surface area contributed by atoms with Crippen LogP contribution in [0.2, 0.25) is 0 Å². The van der Waals surface area contributed by atoms with Crippen LogP contribution >= 0.6 is 15.9 Å². The average Bonchev–Trinajstić information content (AvgIpc) is 2.48.